The minimum absolute atomic E-state index is 0.0111. The molecule has 0 radical (unpaired) electrons. The first-order valence-electron chi connectivity index (χ1n) is 10.7. The average Bonchev–Trinajstić information content (AvgIpc) is 2.77. The number of hydrogen-bond acceptors (Lipinski definition) is 5. The maximum absolute atomic E-state index is 13.1. The van der Waals surface area contributed by atoms with Crippen LogP contribution in [-0.2, 0) is 14.2 Å². The molecule has 0 aliphatic carbocycles. The van der Waals surface area contributed by atoms with Crippen molar-refractivity contribution in [3.63, 3.8) is 0 Å². The van der Waals surface area contributed by atoms with Crippen molar-refractivity contribution in [2.24, 2.45) is 0 Å². The molecule has 29 heavy (non-hydrogen) atoms. The van der Waals surface area contributed by atoms with Gasteiger partial charge in [0.2, 0.25) is 0 Å². The van der Waals surface area contributed by atoms with Crippen molar-refractivity contribution in [1.29, 1.82) is 0 Å². The van der Waals surface area contributed by atoms with Crippen LogP contribution in [0.15, 0.2) is 36.5 Å². The molecule has 1 atom stereocenters. The Bertz CT molecular complexity index is 827. The molecule has 2 aromatic rings. The number of fused-ring (bicyclic) bond motifs is 1. The molecule has 6 heteroatoms. The van der Waals surface area contributed by atoms with Crippen LogP contribution in [-0.4, -0.2) is 67.0 Å². The van der Waals surface area contributed by atoms with Crippen molar-refractivity contribution in [2.45, 2.75) is 44.3 Å². The molecule has 6 nitrogen and oxygen atoms in total. The molecular weight excluding hydrogens is 368 g/mol. The minimum atomic E-state index is -0.169. The van der Waals surface area contributed by atoms with Gasteiger partial charge in [-0.25, -0.2) is 0 Å². The molecule has 0 saturated carbocycles. The normalized spacial score (nSPS) is 21.6. The van der Waals surface area contributed by atoms with Gasteiger partial charge < -0.3 is 19.1 Å². The van der Waals surface area contributed by atoms with Gasteiger partial charge in [0.15, 0.2) is 0 Å². The van der Waals surface area contributed by atoms with Gasteiger partial charge in [-0.1, -0.05) is 24.3 Å². The highest BCUT2D eigenvalue weighted by atomic mass is 16.5. The van der Waals surface area contributed by atoms with E-state index in [-0.39, 0.29) is 17.6 Å². The first-order chi connectivity index (χ1) is 14.2. The van der Waals surface area contributed by atoms with Gasteiger partial charge in [0.1, 0.15) is 5.69 Å². The number of carbonyl (C=O) groups is 1. The second kappa shape index (κ2) is 9.20. The molecule has 1 unspecified atom stereocenters. The van der Waals surface area contributed by atoms with Gasteiger partial charge in [0.05, 0.1) is 24.9 Å². The van der Waals surface area contributed by atoms with E-state index in [1.165, 1.54) is 0 Å². The Morgan fingerprint density at radius 3 is 2.90 bits per heavy atom. The lowest BCUT2D eigenvalue weighted by molar-refractivity contribution is -0.155. The van der Waals surface area contributed by atoms with Crippen LogP contribution in [0.25, 0.3) is 10.8 Å². The number of pyridine rings is 1. The van der Waals surface area contributed by atoms with Gasteiger partial charge in [-0.2, -0.15) is 0 Å². The zero-order chi connectivity index (χ0) is 20.1. The second-order valence-electron chi connectivity index (χ2n) is 7.89. The third kappa shape index (κ3) is 4.60. The number of carbonyl (C=O) groups excluding carboxylic acids is 1. The topological polar surface area (TPSA) is 60.9 Å². The quantitative estimate of drug-likeness (QED) is 0.698. The number of ether oxygens (including phenoxy) is 3. The first-order valence-corrected chi connectivity index (χ1v) is 10.7. The fourth-order valence-electron chi connectivity index (χ4n) is 4.45. The van der Waals surface area contributed by atoms with Crippen molar-refractivity contribution in [2.75, 3.05) is 39.5 Å². The van der Waals surface area contributed by atoms with Crippen LogP contribution in [0.5, 0.6) is 0 Å². The number of hydrogen-bond donors (Lipinski definition) is 0. The largest absolute Gasteiger partial charge is 0.379 e. The maximum atomic E-state index is 13.1. The van der Waals surface area contributed by atoms with Crippen LogP contribution in [0.3, 0.4) is 0 Å². The third-order valence-corrected chi connectivity index (χ3v) is 6.07. The summed E-state index contributed by atoms with van der Waals surface area (Å²) in [5, 5.41) is 1.96. The Morgan fingerprint density at radius 1 is 1.24 bits per heavy atom. The Balaban J connectivity index is 1.36. The van der Waals surface area contributed by atoms with E-state index >= 15 is 0 Å². The average molecular weight is 399 g/mol. The fourth-order valence-corrected chi connectivity index (χ4v) is 4.45. The predicted molar refractivity (Wildman–Crippen MR) is 111 cm³/mol. The van der Waals surface area contributed by atoms with Crippen molar-refractivity contribution in [3.8, 4) is 0 Å². The van der Waals surface area contributed by atoms with Crippen molar-refractivity contribution in [1.82, 2.24) is 9.88 Å². The van der Waals surface area contributed by atoms with Crippen LogP contribution in [0.2, 0.25) is 0 Å². The van der Waals surface area contributed by atoms with Crippen molar-refractivity contribution < 1.29 is 19.0 Å². The highest BCUT2D eigenvalue weighted by molar-refractivity contribution is 6.05. The van der Waals surface area contributed by atoms with E-state index in [2.05, 4.69) is 4.98 Å². The zero-order valence-electron chi connectivity index (χ0n) is 17.1. The van der Waals surface area contributed by atoms with Crippen LogP contribution < -0.4 is 0 Å². The third-order valence-electron chi connectivity index (χ3n) is 6.07. The molecule has 2 aliphatic heterocycles. The van der Waals surface area contributed by atoms with E-state index in [4.69, 9.17) is 14.2 Å². The van der Waals surface area contributed by atoms with Crippen LogP contribution >= 0.6 is 0 Å². The van der Waals surface area contributed by atoms with E-state index in [9.17, 15) is 4.79 Å². The van der Waals surface area contributed by atoms with Crippen molar-refractivity contribution in [3.05, 3.63) is 42.2 Å². The molecule has 1 spiro atoms. The maximum Gasteiger partial charge on any atom is 0.273 e. The Hall–Kier alpha value is -2.02. The molecule has 2 fully saturated rings. The lowest BCUT2D eigenvalue weighted by Crippen LogP contribution is -2.52. The summed E-state index contributed by atoms with van der Waals surface area (Å²) >= 11 is 0. The van der Waals surface area contributed by atoms with Crippen molar-refractivity contribution >= 4 is 16.7 Å². The van der Waals surface area contributed by atoms with Crippen LogP contribution in [0.4, 0.5) is 0 Å². The summed E-state index contributed by atoms with van der Waals surface area (Å²) in [5.41, 5.74) is 0.373. The lowest BCUT2D eigenvalue weighted by Gasteiger charge is -2.46. The number of amides is 1. The Kier molecular flexibility index (Phi) is 6.43. The molecule has 3 heterocycles. The fraction of sp³-hybridized carbons (Fsp3) is 0.565. The summed E-state index contributed by atoms with van der Waals surface area (Å²) in [4.78, 5) is 19.4. The molecule has 1 aromatic heterocycles. The standard InChI is InChI=1S/C23H30N2O4/c1-2-27-15-16-28-19-8-14-29-23(17-19)9-12-25(13-10-23)22(26)21-20-6-4-3-5-18(20)7-11-24-21/h3-7,11,19H,2,8-10,12-17H2,1H3. The van der Waals surface area contributed by atoms with E-state index in [1.807, 2.05) is 42.2 Å². The monoisotopic (exact) mass is 398 g/mol. The summed E-state index contributed by atoms with van der Waals surface area (Å²) < 4.78 is 17.6. The molecule has 4 rings (SSSR count). The van der Waals surface area contributed by atoms with E-state index < -0.39 is 0 Å². The Morgan fingerprint density at radius 2 is 2.07 bits per heavy atom. The van der Waals surface area contributed by atoms with Gasteiger partial charge in [0.25, 0.3) is 5.91 Å². The molecule has 1 amide bonds. The smallest absolute Gasteiger partial charge is 0.273 e. The van der Waals surface area contributed by atoms with E-state index in [0.29, 0.717) is 32.0 Å². The van der Waals surface area contributed by atoms with Crippen LogP contribution in [0.1, 0.15) is 43.1 Å². The van der Waals surface area contributed by atoms with Gasteiger partial charge in [-0.15, -0.1) is 0 Å². The molecule has 0 bridgehead atoms. The van der Waals surface area contributed by atoms with E-state index in [0.717, 1.165) is 49.7 Å². The SMILES string of the molecule is CCOCCOC1CCOC2(CCN(C(=O)c3nccc4ccccc34)CC2)C1. The van der Waals surface area contributed by atoms with Gasteiger partial charge in [0, 0.05) is 44.3 Å². The highest BCUT2D eigenvalue weighted by Gasteiger charge is 2.41. The molecular formula is C23H30N2O4. The number of nitrogens with zero attached hydrogens (tertiary/aromatic N) is 2. The minimum Gasteiger partial charge on any atom is -0.379 e. The lowest BCUT2D eigenvalue weighted by atomic mass is 9.83. The van der Waals surface area contributed by atoms with Gasteiger partial charge in [-0.05, 0) is 37.6 Å². The number of aromatic nitrogens is 1. The number of piperidine rings is 1. The van der Waals surface area contributed by atoms with Gasteiger partial charge >= 0.3 is 0 Å². The summed E-state index contributed by atoms with van der Waals surface area (Å²) in [6, 6.07) is 9.86. The van der Waals surface area contributed by atoms with E-state index in [1.54, 1.807) is 6.20 Å². The number of rotatable bonds is 6. The summed E-state index contributed by atoms with van der Waals surface area (Å²) in [6.07, 6.45) is 5.44. The molecule has 0 N–H and O–H groups in total. The first kappa shape index (κ1) is 20.3. The zero-order valence-corrected chi connectivity index (χ0v) is 17.1. The number of benzene rings is 1. The predicted octanol–water partition coefficient (Wildman–Crippen LogP) is 3.44. The molecule has 2 saturated heterocycles. The molecule has 2 aliphatic rings. The highest BCUT2D eigenvalue weighted by Crippen LogP contribution is 2.36. The van der Waals surface area contributed by atoms with Gasteiger partial charge in [-0.3, -0.25) is 9.78 Å². The number of likely N-dealkylation sites (tertiary alicyclic amines) is 1. The molecule has 156 valence electrons. The summed E-state index contributed by atoms with van der Waals surface area (Å²) in [5.74, 6) is 0.0111. The summed E-state index contributed by atoms with van der Waals surface area (Å²) in [6.45, 7) is 6.08. The Labute approximate surface area is 172 Å². The molecule has 1 aromatic carbocycles. The summed E-state index contributed by atoms with van der Waals surface area (Å²) in [7, 11) is 0. The second-order valence-corrected chi connectivity index (χ2v) is 7.89. The van der Waals surface area contributed by atoms with Crippen LogP contribution in [0, 0.1) is 0 Å².